The van der Waals surface area contributed by atoms with Crippen molar-refractivity contribution in [2.24, 2.45) is 5.73 Å². The monoisotopic (exact) mass is 248 g/mol. The van der Waals surface area contributed by atoms with E-state index in [0.29, 0.717) is 0 Å². The summed E-state index contributed by atoms with van der Waals surface area (Å²) in [5.74, 6) is 1.86. The van der Waals surface area contributed by atoms with Crippen molar-refractivity contribution >= 4 is 11.3 Å². The summed E-state index contributed by atoms with van der Waals surface area (Å²) in [7, 11) is 0. The average Bonchev–Trinajstić information content (AvgIpc) is 2.81. The second-order valence-corrected chi connectivity index (χ2v) is 5.73. The highest BCUT2D eigenvalue weighted by Crippen LogP contribution is 2.41. The summed E-state index contributed by atoms with van der Waals surface area (Å²) in [5.41, 5.74) is 8.21. The molecule has 3 nitrogen and oxygen atoms in total. The molecular weight excluding hydrogens is 232 g/mol. The van der Waals surface area contributed by atoms with Gasteiger partial charge in [-0.15, -0.1) is 11.3 Å². The van der Waals surface area contributed by atoms with Crippen LogP contribution in [-0.2, 0) is 5.54 Å². The van der Waals surface area contributed by atoms with Gasteiger partial charge >= 0.3 is 0 Å². The Labute approximate surface area is 105 Å². The van der Waals surface area contributed by atoms with Crippen LogP contribution in [0.1, 0.15) is 35.8 Å². The van der Waals surface area contributed by atoms with Crippen molar-refractivity contribution in [2.75, 3.05) is 0 Å². The molecule has 0 bridgehead atoms. The molecule has 0 spiro atoms. The highest BCUT2D eigenvalue weighted by Gasteiger charge is 2.37. The molecule has 0 saturated heterocycles. The predicted molar refractivity (Wildman–Crippen MR) is 69.0 cm³/mol. The maximum absolute atomic E-state index is 6.28. The minimum Gasteiger partial charge on any atom is -0.466 e. The van der Waals surface area contributed by atoms with Gasteiger partial charge < -0.3 is 10.2 Å². The summed E-state index contributed by atoms with van der Waals surface area (Å²) in [5, 5.41) is 3.15. The topological polar surface area (TPSA) is 52.0 Å². The van der Waals surface area contributed by atoms with Crippen LogP contribution in [0.25, 0.3) is 11.3 Å². The molecule has 0 radical (unpaired) electrons. The number of aryl methyl sites for hydroxylation is 2. The average molecular weight is 248 g/mol. The van der Waals surface area contributed by atoms with Crippen molar-refractivity contribution in [2.45, 2.75) is 38.6 Å². The lowest BCUT2D eigenvalue weighted by Gasteiger charge is -2.35. The Morgan fingerprint density at radius 1 is 1.41 bits per heavy atom. The number of hydrogen-bond acceptors (Lipinski definition) is 4. The van der Waals surface area contributed by atoms with Crippen molar-refractivity contribution in [1.29, 1.82) is 0 Å². The highest BCUT2D eigenvalue weighted by molar-refractivity contribution is 7.10. The normalized spacial score (nSPS) is 18.1. The molecule has 2 heterocycles. The maximum atomic E-state index is 6.28. The molecule has 3 rings (SSSR count). The van der Waals surface area contributed by atoms with Crippen LogP contribution in [0.3, 0.4) is 0 Å². The fourth-order valence-electron chi connectivity index (χ4n) is 2.28. The van der Waals surface area contributed by atoms with Crippen molar-refractivity contribution in [3.8, 4) is 11.3 Å². The van der Waals surface area contributed by atoms with Crippen LogP contribution >= 0.6 is 11.3 Å². The number of nitrogens with two attached hydrogens (primary N) is 1. The zero-order chi connectivity index (χ0) is 12.0. The van der Waals surface area contributed by atoms with Gasteiger partial charge in [-0.3, -0.25) is 0 Å². The van der Waals surface area contributed by atoms with Gasteiger partial charge in [0.25, 0.3) is 0 Å². The smallest absolute Gasteiger partial charge is 0.113 e. The van der Waals surface area contributed by atoms with Gasteiger partial charge in [0.05, 0.1) is 11.2 Å². The number of aromatic nitrogens is 1. The summed E-state index contributed by atoms with van der Waals surface area (Å²) in [6, 6.07) is 2.04. The quantitative estimate of drug-likeness (QED) is 0.886. The standard InChI is InChI=1S/C13H16N2OS/c1-8-6-10(9(2)16-8)11-7-17-12(15-11)13(14)4-3-5-13/h6-7H,3-5,14H2,1-2H3. The SMILES string of the molecule is Cc1cc(-c2csc(C3(N)CCC3)n2)c(C)o1. The summed E-state index contributed by atoms with van der Waals surface area (Å²) in [4.78, 5) is 4.68. The molecule has 1 aliphatic carbocycles. The minimum atomic E-state index is -0.157. The third kappa shape index (κ3) is 1.72. The zero-order valence-electron chi connectivity index (χ0n) is 10.1. The molecule has 17 heavy (non-hydrogen) atoms. The van der Waals surface area contributed by atoms with Gasteiger partial charge in [0.2, 0.25) is 0 Å². The fourth-order valence-corrected chi connectivity index (χ4v) is 3.28. The molecule has 2 aromatic heterocycles. The first-order valence-corrected chi connectivity index (χ1v) is 6.79. The van der Waals surface area contributed by atoms with Crippen LogP contribution in [0.15, 0.2) is 15.9 Å². The Balaban J connectivity index is 1.97. The van der Waals surface area contributed by atoms with E-state index < -0.39 is 0 Å². The van der Waals surface area contributed by atoms with Gasteiger partial charge in [0.1, 0.15) is 16.5 Å². The second-order valence-electron chi connectivity index (χ2n) is 4.87. The second kappa shape index (κ2) is 3.68. The van der Waals surface area contributed by atoms with Crippen LogP contribution in [0.4, 0.5) is 0 Å². The summed E-state index contributed by atoms with van der Waals surface area (Å²) >= 11 is 1.67. The Kier molecular flexibility index (Phi) is 2.38. The van der Waals surface area contributed by atoms with E-state index in [1.807, 2.05) is 19.9 Å². The van der Waals surface area contributed by atoms with E-state index in [9.17, 15) is 0 Å². The Bertz CT molecular complexity index is 552. The van der Waals surface area contributed by atoms with E-state index in [2.05, 4.69) is 10.4 Å². The van der Waals surface area contributed by atoms with Crippen LogP contribution in [-0.4, -0.2) is 4.98 Å². The van der Waals surface area contributed by atoms with E-state index in [4.69, 9.17) is 10.2 Å². The van der Waals surface area contributed by atoms with Gasteiger partial charge in [-0.05, 0) is 39.2 Å². The van der Waals surface area contributed by atoms with E-state index in [0.717, 1.165) is 40.6 Å². The van der Waals surface area contributed by atoms with Crippen molar-refractivity contribution < 1.29 is 4.42 Å². The molecule has 0 aromatic carbocycles. The zero-order valence-corrected chi connectivity index (χ0v) is 10.9. The predicted octanol–water partition coefficient (Wildman–Crippen LogP) is 3.36. The number of thiazole rings is 1. The number of hydrogen-bond donors (Lipinski definition) is 1. The summed E-state index contributed by atoms with van der Waals surface area (Å²) < 4.78 is 5.54. The molecule has 2 N–H and O–H groups in total. The molecule has 1 fully saturated rings. The van der Waals surface area contributed by atoms with E-state index in [-0.39, 0.29) is 5.54 Å². The number of nitrogens with zero attached hydrogens (tertiary/aromatic N) is 1. The van der Waals surface area contributed by atoms with Crippen LogP contribution in [0, 0.1) is 13.8 Å². The van der Waals surface area contributed by atoms with Crippen LogP contribution in [0.2, 0.25) is 0 Å². The van der Waals surface area contributed by atoms with Gasteiger partial charge in [0, 0.05) is 10.9 Å². The van der Waals surface area contributed by atoms with Gasteiger partial charge in [-0.2, -0.15) is 0 Å². The molecule has 0 unspecified atom stereocenters. The summed E-state index contributed by atoms with van der Waals surface area (Å²) in [6.07, 6.45) is 3.34. The van der Waals surface area contributed by atoms with E-state index in [1.165, 1.54) is 6.42 Å². The van der Waals surface area contributed by atoms with Gasteiger partial charge in [-0.25, -0.2) is 4.98 Å². The maximum Gasteiger partial charge on any atom is 0.113 e. The first-order chi connectivity index (χ1) is 8.08. The van der Waals surface area contributed by atoms with Crippen molar-refractivity contribution in [3.05, 3.63) is 28.0 Å². The molecule has 4 heteroatoms. The minimum absolute atomic E-state index is 0.157. The Morgan fingerprint density at radius 3 is 2.71 bits per heavy atom. The van der Waals surface area contributed by atoms with Crippen LogP contribution in [0.5, 0.6) is 0 Å². The molecule has 0 atom stereocenters. The molecule has 2 aromatic rings. The molecule has 0 amide bonds. The first-order valence-electron chi connectivity index (χ1n) is 5.91. The van der Waals surface area contributed by atoms with Crippen molar-refractivity contribution in [3.63, 3.8) is 0 Å². The number of rotatable bonds is 2. The summed E-state index contributed by atoms with van der Waals surface area (Å²) in [6.45, 7) is 3.93. The third-order valence-corrected chi connectivity index (χ3v) is 4.56. The Morgan fingerprint density at radius 2 is 2.18 bits per heavy atom. The van der Waals surface area contributed by atoms with Gasteiger partial charge in [-0.1, -0.05) is 0 Å². The van der Waals surface area contributed by atoms with E-state index >= 15 is 0 Å². The van der Waals surface area contributed by atoms with Crippen molar-refractivity contribution in [1.82, 2.24) is 4.98 Å². The molecule has 90 valence electrons. The molecule has 0 aliphatic heterocycles. The third-order valence-electron chi connectivity index (χ3n) is 3.49. The fraction of sp³-hybridized carbons (Fsp3) is 0.462. The lowest BCUT2D eigenvalue weighted by atomic mass is 9.78. The largest absolute Gasteiger partial charge is 0.466 e. The van der Waals surface area contributed by atoms with E-state index in [1.54, 1.807) is 11.3 Å². The highest BCUT2D eigenvalue weighted by atomic mass is 32.1. The number of furan rings is 1. The van der Waals surface area contributed by atoms with Crippen LogP contribution < -0.4 is 5.73 Å². The molecular formula is C13H16N2OS. The first kappa shape index (κ1) is 11.0. The lowest BCUT2D eigenvalue weighted by molar-refractivity contribution is 0.253. The Hall–Kier alpha value is -1.13. The lowest BCUT2D eigenvalue weighted by Crippen LogP contribution is -2.43. The van der Waals surface area contributed by atoms with Gasteiger partial charge in [0.15, 0.2) is 0 Å². The molecule has 1 aliphatic rings. The molecule has 1 saturated carbocycles.